The average molecular weight is 305 g/mol. The molecule has 1 saturated carbocycles. The van der Waals surface area contributed by atoms with Crippen LogP contribution in [0.4, 0.5) is 0 Å². The van der Waals surface area contributed by atoms with E-state index in [-0.39, 0.29) is 11.3 Å². The van der Waals surface area contributed by atoms with Crippen molar-refractivity contribution in [1.82, 2.24) is 15.5 Å². The molecule has 0 atom stereocenters. The van der Waals surface area contributed by atoms with Crippen LogP contribution in [0.15, 0.2) is 54.6 Å². The van der Waals surface area contributed by atoms with Crippen molar-refractivity contribution in [1.29, 1.82) is 0 Å². The average Bonchev–Trinajstić information content (AvgIpc) is 2.99. The number of aromatic nitrogens is 2. The van der Waals surface area contributed by atoms with Gasteiger partial charge < -0.3 is 5.32 Å². The van der Waals surface area contributed by atoms with E-state index in [1.807, 2.05) is 30.3 Å². The summed E-state index contributed by atoms with van der Waals surface area (Å²) in [6, 6.07) is 18.2. The molecule has 0 aliphatic heterocycles. The normalized spacial score (nSPS) is 16.0. The number of aromatic amines is 1. The summed E-state index contributed by atoms with van der Waals surface area (Å²) in [5, 5.41) is 11.1. The lowest BCUT2D eigenvalue weighted by atomic mass is 9.64. The van der Waals surface area contributed by atoms with E-state index in [1.54, 1.807) is 0 Å². The molecule has 0 bridgehead atoms. The molecule has 1 fully saturated rings. The van der Waals surface area contributed by atoms with E-state index in [4.69, 9.17) is 0 Å². The Labute approximate surface area is 134 Å². The number of H-pyrrole nitrogens is 1. The maximum atomic E-state index is 12.5. The Balaban J connectivity index is 1.53. The number of carbonyl (C=O) groups excluding carboxylic acids is 1. The summed E-state index contributed by atoms with van der Waals surface area (Å²) in [4.78, 5) is 12.5. The Kier molecular flexibility index (Phi) is 3.37. The van der Waals surface area contributed by atoms with Crippen LogP contribution in [-0.2, 0) is 5.41 Å². The van der Waals surface area contributed by atoms with Crippen LogP contribution in [0.2, 0.25) is 0 Å². The summed E-state index contributed by atoms with van der Waals surface area (Å²) in [5.41, 5.74) is 2.77. The Hall–Kier alpha value is -2.62. The van der Waals surface area contributed by atoms with Crippen LogP contribution >= 0.6 is 0 Å². The maximum absolute atomic E-state index is 12.5. The van der Waals surface area contributed by atoms with Gasteiger partial charge in [0.1, 0.15) is 0 Å². The molecule has 1 aliphatic rings. The van der Waals surface area contributed by atoms with Crippen molar-refractivity contribution in [2.75, 3.05) is 6.54 Å². The first-order chi connectivity index (χ1) is 11.3. The molecule has 23 heavy (non-hydrogen) atoms. The van der Waals surface area contributed by atoms with Crippen molar-refractivity contribution in [3.63, 3.8) is 0 Å². The summed E-state index contributed by atoms with van der Waals surface area (Å²) < 4.78 is 0. The van der Waals surface area contributed by atoms with Gasteiger partial charge in [-0.2, -0.15) is 5.10 Å². The summed E-state index contributed by atoms with van der Waals surface area (Å²) in [6.45, 7) is 0.664. The molecule has 1 aromatic heterocycles. The molecule has 4 rings (SSSR count). The third kappa shape index (κ3) is 2.40. The van der Waals surface area contributed by atoms with Crippen molar-refractivity contribution < 1.29 is 4.79 Å². The summed E-state index contributed by atoms with van der Waals surface area (Å²) in [6.07, 6.45) is 3.47. The van der Waals surface area contributed by atoms with E-state index in [1.165, 1.54) is 12.0 Å². The first-order valence-electron chi connectivity index (χ1n) is 8.05. The predicted octanol–water partition coefficient (Wildman–Crippen LogP) is 3.41. The summed E-state index contributed by atoms with van der Waals surface area (Å²) >= 11 is 0. The zero-order valence-corrected chi connectivity index (χ0v) is 12.9. The molecular weight excluding hydrogens is 286 g/mol. The second-order valence-corrected chi connectivity index (χ2v) is 6.30. The number of fused-ring (bicyclic) bond motifs is 1. The third-order valence-corrected chi connectivity index (χ3v) is 4.97. The minimum absolute atomic E-state index is 0.0863. The number of carbonyl (C=O) groups is 1. The van der Waals surface area contributed by atoms with Gasteiger partial charge in [-0.25, -0.2) is 0 Å². The molecule has 2 aromatic carbocycles. The van der Waals surface area contributed by atoms with Gasteiger partial charge in [-0.15, -0.1) is 0 Å². The number of nitrogens with one attached hydrogen (secondary N) is 2. The van der Waals surface area contributed by atoms with E-state index in [0.29, 0.717) is 12.2 Å². The van der Waals surface area contributed by atoms with Crippen molar-refractivity contribution >= 4 is 16.8 Å². The standard InChI is InChI=1S/C19H19N3O/c23-18(17-15-9-4-5-10-16(15)21-22-17)20-13-19(11-6-12-19)14-7-2-1-3-8-14/h1-5,7-10H,6,11-13H2,(H,20,23)(H,21,22). The second-order valence-electron chi connectivity index (χ2n) is 6.30. The Morgan fingerprint density at radius 3 is 2.57 bits per heavy atom. The lowest BCUT2D eigenvalue weighted by Gasteiger charge is -2.42. The monoisotopic (exact) mass is 305 g/mol. The Morgan fingerprint density at radius 2 is 1.83 bits per heavy atom. The van der Waals surface area contributed by atoms with Crippen LogP contribution in [0.3, 0.4) is 0 Å². The highest BCUT2D eigenvalue weighted by molar-refractivity contribution is 6.04. The fraction of sp³-hybridized carbons (Fsp3) is 0.263. The van der Waals surface area contributed by atoms with Crippen molar-refractivity contribution in [3.05, 3.63) is 65.9 Å². The SMILES string of the molecule is O=C(NCC1(c2ccccc2)CCC1)c1n[nH]c2ccccc12. The Morgan fingerprint density at radius 1 is 1.09 bits per heavy atom. The minimum Gasteiger partial charge on any atom is -0.350 e. The smallest absolute Gasteiger partial charge is 0.272 e. The molecule has 0 radical (unpaired) electrons. The lowest BCUT2D eigenvalue weighted by Crippen LogP contribution is -2.45. The highest BCUT2D eigenvalue weighted by atomic mass is 16.1. The van der Waals surface area contributed by atoms with Crippen LogP contribution in [-0.4, -0.2) is 22.6 Å². The molecule has 4 heteroatoms. The molecule has 2 N–H and O–H groups in total. The first kappa shape index (κ1) is 14.0. The highest BCUT2D eigenvalue weighted by Gasteiger charge is 2.38. The minimum atomic E-state index is -0.107. The molecule has 0 saturated heterocycles. The van der Waals surface area contributed by atoms with Gasteiger partial charge in [0.2, 0.25) is 0 Å². The fourth-order valence-corrected chi connectivity index (χ4v) is 3.43. The largest absolute Gasteiger partial charge is 0.350 e. The molecule has 1 heterocycles. The molecule has 116 valence electrons. The number of hydrogen-bond donors (Lipinski definition) is 2. The van der Waals surface area contributed by atoms with Crippen LogP contribution in [0.5, 0.6) is 0 Å². The summed E-state index contributed by atoms with van der Waals surface area (Å²) in [7, 11) is 0. The topological polar surface area (TPSA) is 57.8 Å². The fourth-order valence-electron chi connectivity index (χ4n) is 3.43. The number of amides is 1. The number of rotatable bonds is 4. The number of benzene rings is 2. The number of hydrogen-bond acceptors (Lipinski definition) is 2. The van der Waals surface area contributed by atoms with Gasteiger partial charge in [-0.3, -0.25) is 9.89 Å². The van der Waals surface area contributed by atoms with Gasteiger partial charge in [0.05, 0.1) is 5.52 Å². The van der Waals surface area contributed by atoms with E-state index >= 15 is 0 Å². The van der Waals surface area contributed by atoms with Gasteiger partial charge in [-0.05, 0) is 24.5 Å². The number of para-hydroxylation sites is 1. The molecule has 4 nitrogen and oxygen atoms in total. The third-order valence-electron chi connectivity index (χ3n) is 4.97. The van der Waals surface area contributed by atoms with Gasteiger partial charge in [0.15, 0.2) is 5.69 Å². The zero-order valence-electron chi connectivity index (χ0n) is 12.9. The van der Waals surface area contributed by atoms with Crippen LogP contribution in [0.25, 0.3) is 10.9 Å². The van der Waals surface area contributed by atoms with Crippen molar-refractivity contribution in [2.45, 2.75) is 24.7 Å². The number of nitrogens with zero attached hydrogens (tertiary/aromatic N) is 1. The molecule has 0 unspecified atom stereocenters. The van der Waals surface area contributed by atoms with E-state index in [2.05, 4.69) is 39.8 Å². The van der Waals surface area contributed by atoms with Gasteiger partial charge in [0, 0.05) is 17.3 Å². The second kappa shape index (κ2) is 5.54. The maximum Gasteiger partial charge on any atom is 0.272 e. The first-order valence-corrected chi connectivity index (χ1v) is 8.05. The quantitative estimate of drug-likeness (QED) is 0.776. The molecular formula is C19H19N3O. The van der Waals surface area contributed by atoms with E-state index < -0.39 is 0 Å². The highest BCUT2D eigenvalue weighted by Crippen LogP contribution is 2.43. The van der Waals surface area contributed by atoms with E-state index in [9.17, 15) is 4.79 Å². The predicted molar refractivity (Wildman–Crippen MR) is 90.4 cm³/mol. The van der Waals surface area contributed by atoms with Gasteiger partial charge in [-0.1, -0.05) is 55.0 Å². The van der Waals surface area contributed by atoms with E-state index in [0.717, 1.165) is 23.7 Å². The molecule has 3 aromatic rings. The van der Waals surface area contributed by atoms with Crippen LogP contribution in [0, 0.1) is 0 Å². The van der Waals surface area contributed by atoms with Crippen molar-refractivity contribution in [3.8, 4) is 0 Å². The molecule has 0 spiro atoms. The van der Waals surface area contributed by atoms with Crippen molar-refractivity contribution in [2.24, 2.45) is 0 Å². The summed E-state index contributed by atoms with van der Waals surface area (Å²) in [5.74, 6) is -0.107. The van der Waals surface area contributed by atoms with Gasteiger partial charge in [0.25, 0.3) is 5.91 Å². The molecule has 1 aliphatic carbocycles. The van der Waals surface area contributed by atoms with Gasteiger partial charge >= 0.3 is 0 Å². The van der Waals surface area contributed by atoms with Crippen LogP contribution in [0.1, 0.15) is 35.3 Å². The lowest BCUT2D eigenvalue weighted by molar-refractivity contribution is 0.0924. The van der Waals surface area contributed by atoms with Crippen LogP contribution < -0.4 is 5.32 Å². The zero-order chi connectivity index (χ0) is 15.7. The Bertz CT molecular complexity index is 834. The molecule has 1 amide bonds.